The molecule has 2 heterocycles. The zero-order chi connectivity index (χ0) is 17.5. The van der Waals surface area contributed by atoms with Crippen molar-refractivity contribution < 1.29 is 9.59 Å². The molecule has 1 saturated carbocycles. The van der Waals surface area contributed by atoms with Crippen LogP contribution in [-0.4, -0.2) is 47.8 Å². The smallest absolute Gasteiger partial charge is 0.253 e. The first kappa shape index (κ1) is 18.1. The van der Waals surface area contributed by atoms with Gasteiger partial charge < -0.3 is 15.0 Å². The zero-order valence-electron chi connectivity index (χ0n) is 15.0. The number of carbonyl (C=O) groups is 2. The third-order valence-corrected chi connectivity index (χ3v) is 5.73. The van der Waals surface area contributed by atoms with Crippen LogP contribution in [0.1, 0.15) is 61.7 Å². The lowest BCUT2D eigenvalue weighted by Crippen LogP contribution is -2.48. The molecule has 0 spiro atoms. The number of pyridine rings is 1. The number of amides is 1. The Bertz CT molecular complexity index is 572. The highest BCUT2D eigenvalue weighted by molar-refractivity contribution is 5.94. The van der Waals surface area contributed by atoms with Gasteiger partial charge in [0, 0.05) is 42.5 Å². The number of aldehydes is 1. The second-order valence-electron chi connectivity index (χ2n) is 7.59. The molecule has 5 nitrogen and oxygen atoms in total. The van der Waals surface area contributed by atoms with E-state index >= 15 is 0 Å². The molecule has 0 aromatic carbocycles. The van der Waals surface area contributed by atoms with Gasteiger partial charge in [0.2, 0.25) is 0 Å². The summed E-state index contributed by atoms with van der Waals surface area (Å²) >= 11 is 0. The standard InChI is InChI=1S/C20H29N3O2/c24-16-20(10-13-22-18-5-2-1-3-6-18)9-4-14-23(15-20)19(25)17-7-11-21-12-8-17/h7-8,11-12,16,18,22H,1-6,9-10,13-15H2. The van der Waals surface area contributed by atoms with Crippen LogP contribution < -0.4 is 5.32 Å². The Morgan fingerprint density at radius 3 is 2.72 bits per heavy atom. The monoisotopic (exact) mass is 343 g/mol. The minimum atomic E-state index is -0.400. The fourth-order valence-corrected chi connectivity index (χ4v) is 4.20. The molecule has 1 unspecified atom stereocenters. The zero-order valence-corrected chi connectivity index (χ0v) is 15.0. The normalized spacial score (nSPS) is 24.9. The third kappa shape index (κ3) is 4.66. The highest BCUT2D eigenvalue weighted by atomic mass is 16.2. The van der Waals surface area contributed by atoms with Gasteiger partial charge in [-0.1, -0.05) is 19.3 Å². The number of rotatable bonds is 6. The van der Waals surface area contributed by atoms with Crippen molar-refractivity contribution in [3.63, 3.8) is 0 Å². The number of likely N-dealkylation sites (tertiary alicyclic amines) is 1. The molecule has 1 atom stereocenters. The Balaban J connectivity index is 1.56. The molecule has 5 heteroatoms. The largest absolute Gasteiger partial charge is 0.338 e. The van der Waals surface area contributed by atoms with Crippen LogP contribution >= 0.6 is 0 Å². The van der Waals surface area contributed by atoms with E-state index < -0.39 is 5.41 Å². The predicted molar refractivity (Wildman–Crippen MR) is 97.4 cm³/mol. The quantitative estimate of drug-likeness (QED) is 0.807. The first-order valence-corrected chi connectivity index (χ1v) is 9.61. The van der Waals surface area contributed by atoms with Gasteiger partial charge in [-0.15, -0.1) is 0 Å². The van der Waals surface area contributed by atoms with Crippen LogP contribution in [0.2, 0.25) is 0 Å². The van der Waals surface area contributed by atoms with Gasteiger partial charge in [0.15, 0.2) is 0 Å². The number of aromatic nitrogens is 1. The van der Waals surface area contributed by atoms with Gasteiger partial charge in [-0.25, -0.2) is 0 Å². The number of piperidine rings is 1. The van der Waals surface area contributed by atoms with Crippen LogP contribution in [0.25, 0.3) is 0 Å². The van der Waals surface area contributed by atoms with Crippen molar-refractivity contribution in [1.82, 2.24) is 15.2 Å². The van der Waals surface area contributed by atoms with Crippen LogP contribution in [0.5, 0.6) is 0 Å². The average Bonchev–Trinajstić information content (AvgIpc) is 2.69. The number of carbonyl (C=O) groups excluding carboxylic acids is 2. The van der Waals surface area contributed by atoms with Crippen molar-refractivity contribution in [3.8, 4) is 0 Å². The number of nitrogens with one attached hydrogen (secondary N) is 1. The highest BCUT2D eigenvalue weighted by Gasteiger charge is 2.37. The van der Waals surface area contributed by atoms with E-state index in [1.165, 1.54) is 32.1 Å². The summed E-state index contributed by atoms with van der Waals surface area (Å²) in [6, 6.07) is 4.09. The van der Waals surface area contributed by atoms with Crippen molar-refractivity contribution >= 4 is 12.2 Å². The van der Waals surface area contributed by atoms with Crippen molar-refractivity contribution in [3.05, 3.63) is 30.1 Å². The summed E-state index contributed by atoms with van der Waals surface area (Å²) in [6.07, 6.45) is 13.4. The van der Waals surface area contributed by atoms with Crippen LogP contribution in [-0.2, 0) is 4.79 Å². The molecule has 1 aromatic heterocycles. The van der Waals surface area contributed by atoms with Gasteiger partial charge in [-0.2, -0.15) is 0 Å². The molecule has 1 amide bonds. The molecule has 2 fully saturated rings. The summed E-state index contributed by atoms with van der Waals surface area (Å²) in [5, 5.41) is 3.63. The molecule has 136 valence electrons. The molecule has 25 heavy (non-hydrogen) atoms. The maximum Gasteiger partial charge on any atom is 0.253 e. The molecule has 0 radical (unpaired) electrons. The Morgan fingerprint density at radius 1 is 1.24 bits per heavy atom. The van der Waals surface area contributed by atoms with E-state index in [0.29, 0.717) is 18.2 Å². The molecule has 1 aliphatic heterocycles. The Hall–Kier alpha value is -1.75. The lowest BCUT2D eigenvalue weighted by Gasteiger charge is -2.40. The van der Waals surface area contributed by atoms with Crippen molar-refractivity contribution in [1.29, 1.82) is 0 Å². The summed E-state index contributed by atoms with van der Waals surface area (Å²) in [5.41, 5.74) is 0.250. The van der Waals surface area contributed by atoms with E-state index in [0.717, 1.165) is 38.6 Å². The number of hydrogen-bond acceptors (Lipinski definition) is 4. The van der Waals surface area contributed by atoms with Gasteiger partial charge in [-0.3, -0.25) is 9.78 Å². The Kier molecular flexibility index (Phi) is 6.19. The van der Waals surface area contributed by atoms with Crippen LogP contribution in [0.3, 0.4) is 0 Å². The first-order valence-electron chi connectivity index (χ1n) is 9.61. The van der Waals surface area contributed by atoms with E-state index in [-0.39, 0.29) is 5.91 Å². The molecule has 2 aliphatic rings. The molecular weight excluding hydrogens is 314 g/mol. The molecule has 1 aliphatic carbocycles. The SMILES string of the molecule is O=CC1(CCNC2CCCCC2)CCCN(C(=O)c2ccncc2)C1. The Labute approximate surface area is 150 Å². The second-order valence-corrected chi connectivity index (χ2v) is 7.59. The van der Waals surface area contributed by atoms with E-state index in [1.54, 1.807) is 24.5 Å². The average molecular weight is 343 g/mol. The second kappa shape index (κ2) is 8.56. The molecular formula is C20H29N3O2. The number of nitrogens with zero attached hydrogens (tertiary/aromatic N) is 2. The lowest BCUT2D eigenvalue weighted by molar-refractivity contribution is -0.119. The van der Waals surface area contributed by atoms with Gasteiger partial charge in [0.05, 0.1) is 0 Å². The first-order chi connectivity index (χ1) is 12.2. The summed E-state index contributed by atoms with van der Waals surface area (Å²) in [6.45, 7) is 2.12. The molecule has 1 saturated heterocycles. The van der Waals surface area contributed by atoms with E-state index in [1.807, 2.05) is 4.90 Å². The summed E-state index contributed by atoms with van der Waals surface area (Å²) in [7, 11) is 0. The van der Waals surface area contributed by atoms with Crippen LogP contribution in [0.4, 0.5) is 0 Å². The molecule has 1 N–H and O–H groups in total. The molecule has 0 bridgehead atoms. The fourth-order valence-electron chi connectivity index (χ4n) is 4.20. The van der Waals surface area contributed by atoms with Crippen LogP contribution in [0, 0.1) is 5.41 Å². The Morgan fingerprint density at radius 2 is 2.00 bits per heavy atom. The summed E-state index contributed by atoms with van der Waals surface area (Å²) < 4.78 is 0. The fraction of sp³-hybridized carbons (Fsp3) is 0.650. The summed E-state index contributed by atoms with van der Waals surface area (Å²) in [4.78, 5) is 30.4. The number of hydrogen-bond donors (Lipinski definition) is 1. The minimum Gasteiger partial charge on any atom is -0.338 e. The van der Waals surface area contributed by atoms with Crippen LogP contribution in [0.15, 0.2) is 24.5 Å². The minimum absolute atomic E-state index is 0.00793. The van der Waals surface area contributed by atoms with Gasteiger partial charge in [-0.05, 0) is 50.8 Å². The van der Waals surface area contributed by atoms with E-state index in [4.69, 9.17) is 0 Å². The topological polar surface area (TPSA) is 62.3 Å². The maximum atomic E-state index is 12.7. The predicted octanol–water partition coefficient (Wildman–Crippen LogP) is 2.82. The lowest BCUT2D eigenvalue weighted by atomic mass is 9.78. The third-order valence-electron chi connectivity index (χ3n) is 5.73. The van der Waals surface area contributed by atoms with Crippen molar-refractivity contribution in [2.45, 2.75) is 57.4 Å². The highest BCUT2D eigenvalue weighted by Crippen LogP contribution is 2.32. The van der Waals surface area contributed by atoms with Gasteiger partial charge in [0.1, 0.15) is 6.29 Å². The molecule has 3 rings (SSSR count). The van der Waals surface area contributed by atoms with E-state index in [9.17, 15) is 9.59 Å². The van der Waals surface area contributed by atoms with Crippen molar-refractivity contribution in [2.24, 2.45) is 5.41 Å². The molecule has 1 aromatic rings. The van der Waals surface area contributed by atoms with E-state index in [2.05, 4.69) is 10.3 Å². The summed E-state index contributed by atoms with van der Waals surface area (Å²) in [5.74, 6) is 0.00793. The van der Waals surface area contributed by atoms with Gasteiger partial charge in [0.25, 0.3) is 5.91 Å². The van der Waals surface area contributed by atoms with Crippen molar-refractivity contribution in [2.75, 3.05) is 19.6 Å². The maximum absolute atomic E-state index is 12.7. The van der Waals surface area contributed by atoms with Gasteiger partial charge >= 0.3 is 0 Å².